The summed E-state index contributed by atoms with van der Waals surface area (Å²) in [5.41, 5.74) is 2.72. The summed E-state index contributed by atoms with van der Waals surface area (Å²) in [6, 6.07) is 7.43. The van der Waals surface area contributed by atoms with Crippen LogP contribution in [0.5, 0.6) is 0 Å². The predicted octanol–water partition coefficient (Wildman–Crippen LogP) is 0.733. The summed E-state index contributed by atoms with van der Waals surface area (Å²) in [6.07, 6.45) is 0.972. The van der Waals surface area contributed by atoms with Crippen LogP contribution in [0, 0.1) is 0 Å². The van der Waals surface area contributed by atoms with Crippen molar-refractivity contribution in [3.8, 4) is 0 Å². The molecule has 0 unspecified atom stereocenters. The van der Waals surface area contributed by atoms with Crippen LogP contribution in [0.3, 0.4) is 0 Å². The van der Waals surface area contributed by atoms with Crippen LogP contribution in [0.25, 0.3) is 0 Å². The summed E-state index contributed by atoms with van der Waals surface area (Å²) < 4.78 is 22.8. The topological polar surface area (TPSA) is 82.1 Å². The average Bonchev–Trinajstić information content (AvgIpc) is 3.03. The first-order valence-corrected chi connectivity index (χ1v) is 10.4. The summed E-state index contributed by atoms with van der Waals surface area (Å²) >= 11 is 0. The Bertz CT molecular complexity index is 745. The first-order valence-electron chi connectivity index (χ1n) is 8.56. The lowest BCUT2D eigenvalue weighted by molar-refractivity contribution is 0.0948. The SMILES string of the molecule is CC1=NN(c2ccc(C(=O)NCCN3CCS(=O)(=O)CC3)cc2)CC1. The van der Waals surface area contributed by atoms with Crippen molar-refractivity contribution in [3.05, 3.63) is 29.8 Å². The lowest BCUT2D eigenvalue weighted by Gasteiger charge is -2.26. The van der Waals surface area contributed by atoms with Crippen molar-refractivity contribution in [1.82, 2.24) is 10.2 Å². The number of hydrazone groups is 1. The maximum Gasteiger partial charge on any atom is 0.251 e. The molecule has 1 aromatic carbocycles. The van der Waals surface area contributed by atoms with Crippen LogP contribution in [-0.2, 0) is 9.84 Å². The van der Waals surface area contributed by atoms with Gasteiger partial charge in [-0.3, -0.25) is 14.7 Å². The maximum absolute atomic E-state index is 12.2. The molecule has 2 heterocycles. The molecule has 1 fully saturated rings. The molecule has 0 aliphatic carbocycles. The predicted molar refractivity (Wildman–Crippen MR) is 98.9 cm³/mol. The van der Waals surface area contributed by atoms with E-state index < -0.39 is 9.84 Å². The Balaban J connectivity index is 1.45. The van der Waals surface area contributed by atoms with E-state index >= 15 is 0 Å². The van der Waals surface area contributed by atoms with Crippen LogP contribution >= 0.6 is 0 Å². The summed E-state index contributed by atoms with van der Waals surface area (Å²) in [6.45, 7) is 5.16. The smallest absolute Gasteiger partial charge is 0.251 e. The summed E-state index contributed by atoms with van der Waals surface area (Å²) in [5.74, 6) is 0.305. The molecule has 0 atom stereocenters. The van der Waals surface area contributed by atoms with E-state index in [4.69, 9.17) is 0 Å². The highest BCUT2D eigenvalue weighted by Gasteiger charge is 2.21. The molecular weight excluding hydrogens is 340 g/mol. The van der Waals surface area contributed by atoms with Gasteiger partial charge >= 0.3 is 0 Å². The lowest BCUT2D eigenvalue weighted by atomic mass is 10.2. The fourth-order valence-corrected chi connectivity index (χ4v) is 4.23. The number of carbonyl (C=O) groups is 1. The number of amides is 1. The molecule has 0 saturated carbocycles. The molecule has 0 bridgehead atoms. The Kier molecular flexibility index (Phi) is 5.39. The first-order chi connectivity index (χ1) is 11.9. The number of hydrogen-bond donors (Lipinski definition) is 1. The zero-order valence-electron chi connectivity index (χ0n) is 14.4. The summed E-state index contributed by atoms with van der Waals surface area (Å²) in [7, 11) is -2.86. The van der Waals surface area contributed by atoms with E-state index in [1.54, 1.807) is 12.1 Å². The minimum Gasteiger partial charge on any atom is -0.351 e. The molecule has 1 aromatic rings. The number of hydrogen-bond acceptors (Lipinski definition) is 6. The van der Waals surface area contributed by atoms with Crippen LogP contribution < -0.4 is 10.3 Å². The zero-order chi connectivity index (χ0) is 17.9. The highest BCUT2D eigenvalue weighted by Crippen LogP contribution is 2.19. The molecule has 1 amide bonds. The van der Waals surface area contributed by atoms with E-state index in [1.165, 1.54) is 0 Å². The second kappa shape index (κ2) is 7.53. The molecule has 7 nitrogen and oxygen atoms in total. The largest absolute Gasteiger partial charge is 0.351 e. The molecule has 0 radical (unpaired) electrons. The maximum atomic E-state index is 12.2. The van der Waals surface area contributed by atoms with Gasteiger partial charge in [0.05, 0.1) is 17.2 Å². The average molecular weight is 364 g/mol. The van der Waals surface area contributed by atoms with Gasteiger partial charge in [-0.05, 0) is 31.2 Å². The highest BCUT2D eigenvalue weighted by atomic mass is 32.2. The second-order valence-corrected chi connectivity index (χ2v) is 8.81. The van der Waals surface area contributed by atoms with Crippen molar-refractivity contribution in [1.29, 1.82) is 0 Å². The van der Waals surface area contributed by atoms with Crippen LogP contribution in [0.2, 0.25) is 0 Å². The molecular formula is C17H24N4O3S. The molecule has 1 saturated heterocycles. The molecule has 136 valence electrons. The first kappa shape index (κ1) is 17.9. The van der Waals surface area contributed by atoms with E-state index in [2.05, 4.69) is 15.3 Å². The van der Waals surface area contributed by atoms with Gasteiger partial charge in [-0.25, -0.2) is 8.42 Å². The van der Waals surface area contributed by atoms with Gasteiger partial charge in [0.25, 0.3) is 5.91 Å². The third-order valence-corrected chi connectivity index (χ3v) is 6.16. The monoisotopic (exact) mass is 364 g/mol. The zero-order valence-corrected chi connectivity index (χ0v) is 15.3. The Morgan fingerprint density at radius 3 is 2.44 bits per heavy atom. The Morgan fingerprint density at radius 1 is 1.16 bits per heavy atom. The standard InChI is InChI=1S/C17H24N4O3S/c1-14-6-8-21(19-14)16-4-2-15(3-5-16)17(22)18-7-9-20-10-12-25(23,24)13-11-20/h2-5H,6-13H2,1H3,(H,18,22). The number of sulfone groups is 1. The van der Waals surface area contributed by atoms with Crippen LogP contribution in [0.4, 0.5) is 5.69 Å². The number of benzene rings is 1. The van der Waals surface area contributed by atoms with E-state index in [0.29, 0.717) is 31.7 Å². The molecule has 25 heavy (non-hydrogen) atoms. The van der Waals surface area contributed by atoms with E-state index in [-0.39, 0.29) is 17.4 Å². The molecule has 1 N–H and O–H groups in total. The van der Waals surface area contributed by atoms with Gasteiger partial charge < -0.3 is 5.32 Å². The molecule has 0 spiro atoms. The van der Waals surface area contributed by atoms with Crippen molar-refractivity contribution < 1.29 is 13.2 Å². The molecule has 3 rings (SSSR count). The third kappa shape index (κ3) is 4.79. The highest BCUT2D eigenvalue weighted by molar-refractivity contribution is 7.91. The van der Waals surface area contributed by atoms with Crippen molar-refractivity contribution in [2.75, 3.05) is 49.2 Å². The molecule has 2 aliphatic rings. The lowest BCUT2D eigenvalue weighted by Crippen LogP contribution is -2.43. The van der Waals surface area contributed by atoms with Gasteiger partial charge in [0.1, 0.15) is 0 Å². The Hall–Kier alpha value is -1.93. The van der Waals surface area contributed by atoms with Crippen molar-refractivity contribution in [3.63, 3.8) is 0 Å². The number of anilines is 1. The minimum absolute atomic E-state index is 0.114. The molecule has 2 aliphatic heterocycles. The third-order valence-electron chi connectivity index (χ3n) is 4.55. The fraction of sp³-hybridized carbons (Fsp3) is 0.529. The quantitative estimate of drug-likeness (QED) is 0.833. The normalized spacial score (nSPS) is 20.4. The second-order valence-electron chi connectivity index (χ2n) is 6.50. The Morgan fingerprint density at radius 2 is 1.84 bits per heavy atom. The van der Waals surface area contributed by atoms with E-state index in [9.17, 15) is 13.2 Å². The summed E-state index contributed by atoms with van der Waals surface area (Å²) in [4.78, 5) is 14.3. The van der Waals surface area contributed by atoms with Crippen LogP contribution in [0.1, 0.15) is 23.7 Å². The molecule has 0 aromatic heterocycles. The Labute approximate surface area is 148 Å². The molecule has 8 heteroatoms. The number of nitrogens with one attached hydrogen (secondary N) is 1. The number of nitrogens with zero attached hydrogens (tertiary/aromatic N) is 3. The van der Waals surface area contributed by atoms with Crippen molar-refractivity contribution in [2.45, 2.75) is 13.3 Å². The number of rotatable bonds is 5. The van der Waals surface area contributed by atoms with Crippen LogP contribution in [0.15, 0.2) is 29.4 Å². The van der Waals surface area contributed by atoms with Gasteiger partial charge in [-0.15, -0.1) is 0 Å². The summed E-state index contributed by atoms with van der Waals surface area (Å²) in [5, 5.41) is 9.28. The van der Waals surface area contributed by atoms with Crippen LogP contribution in [-0.4, -0.2) is 69.2 Å². The van der Waals surface area contributed by atoms with Crippen molar-refractivity contribution >= 4 is 27.1 Å². The minimum atomic E-state index is -2.86. The van der Waals surface area contributed by atoms with Gasteiger partial charge in [0.15, 0.2) is 9.84 Å². The van der Waals surface area contributed by atoms with Gasteiger partial charge in [0, 0.05) is 50.4 Å². The van der Waals surface area contributed by atoms with Gasteiger partial charge in [0.2, 0.25) is 0 Å². The van der Waals surface area contributed by atoms with Crippen molar-refractivity contribution in [2.24, 2.45) is 5.10 Å². The number of carbonyl (C=O) groups excluding carboxylic acids is 1. The van der Waals surface area contributed by atoms with Gasteiger partial charge in [-0.2, -0.15) is 5.10 Å². The van der Waals surface area contributed by atoms with E-state index in [1.807, 2.05) is 24.1 Å². The van der Waals surface area contributed by atoms with E-state index in [0.717, 1.165) is 24.4 Å². The van der Waals surface area contributed by atoms with Gasteiger partial charge in [-0.1, -0.05) is 0 Å². The fourth-order valence-electron chi connectivity index (χ4n) is 2.95.